The monoisotopic (exact) mass is 584 g/mol. The summed E-state index contributed by atoms with van der Waals surface area (Å²) in [6, 6.07) is 11.6. The Kier molecular flexibility index (Phi) is 7.28. The number of aromatic nitrogens is 6. The van der Waals surface area contributed by atoms with Crippen LogP contribution in [0.2, 0.25) is 0 Å². The molecule has 0 spiro atoms. The fraction of sp³-hybridized carbons (Fsp3) is 0.222. The highest BCUT2D eigenvalue weighted by Gasteiger charge is 2.35. The summed E-state index contributed by atoms with van der Waals surface area (Å²) in [4.78, 5) is 29.7. The fourth-order valence-electron chi connectivity index (χ4n) is 4.56. The lowest BCUT2D eigenvalue weighted by Gasteiger charge is -2.16. The minimum atomic E-state index is -4.92. The van der Waals surface area contributed by atoms with E-state index < -0.39 is 40.9 Å². The molecule has 0 aliphatic carbocycles. The molecule has 3 aromatic heterocycles. The van der Waals surface area contributed by atoms with Crippen molar-refractivity contribution in [1.82, 2.24) is 34.0 Å². The lowest BCUT2D eigenvalue weighted by atomic mass is 10.1. The van der Waals surface area contributed by atoms with Crippen LogP contribution in [-0.2, 0) is 19.3 Å². The Morgan fingerprint density at radius 1 is 1.00 bits per heavy atom. The van der Waals surface area contributed by atoms with Gasteiger partial charge in [-0.15, -0.1) is 15.3 Å². The van der Waals surface area contributed by atoms with E-state index >= 15 is 0 Å². The summed E-state index contributed by atoms with van der Waals surface area (Å²) >= 11 is 0. The molecule has 0 fully saturated rings. The van der Waals surface area contributed by atoms with Crippen molar-refractivity contribution in [3.05, 3.63) is 98.1 Å². The van der Waals surface area contributed by atoms with Crippen molar-refractivity contribution in [2.24, 2.45) is 0 Å². The van der Waals surface area contributed by atoms with Crippen molar-refractivity contribution in [2.75, 3.05) is 26.9 Å². The van der Waals surface area contributed by atoms with Gasteiger partial charge in [-0.05, 0) is 56.6 Å². The summed E-state index contributed by atoms with van der Waals surface area (Å²) in [7, 11) is 4.83. The molecule has 2 N–H and O–H groups in total. The zero-order chi connectivity index (χ0) is 30.3. The molecule has 2 aromatic carbocycles. The van der Waals surface area contributed by atoms with Gasteiger partial charge in [0.15, 0.2) is 11.5 Å². The molecular weight excluding hydrogens is 560 g/mol. The van der Waals surface area contributed by atoms with Gasteiger partial charge in [0, 0.05) is 23.9 Å². The number of rotatable bonds is 7. The van der Waals surface area contributed by atoms with Crippen LogP contribution in [0.5, 0.6) is 5.88 Å². The first-order chi connectivity index (χ1) is 19.9. The van der Waals surface area contributed by atoms with E-state index in [1.807, 2.05) is 0 Å². The van der Waals surface area contributed by atoms with E-state index in [4.69, 9.17) is 10.5 Å². The second-order valence-corrected chi connectivity index (χ2v) is 9.59. The van der Waals surface area contributed by atoms with Crippen LogP contribution in [0.3, 0.4) is 0 Å². The molecule has 218 valence electrons. The van der Waals surface area contributed by atoms with Crippen LogP contribution in [0.1, 0.15) is 16.8 Å². The standard InChI is InChI=1S/C27H24F4N8O3/c1-36(2)14-20-23-24(35-39(20)16-9-7-15(32)8-10-16)37(13-17-18(27(29,30)31)5-4-6-19(17)28)26(41)38(25(23)40)21-11-12-22(42-3)34-33-21/h4-12H,13-14,32H2,1-3H3. The van der Waals surface area contributed by atoms with Gasteiger partial charge in [0.25, 0.3) is 5.56 Å². The first-order valence-electron chi connectivity index (χ1n) is 12.4. The molecule has 0 unspecified atom stereocenters. The predicted molar refractivity (Wildman–Crippen MR) is 145 cm³/mol. The second-order valence-electron chi connectivity index (χ2n) is 9.59. The summed E-state index contributed by atoms with van der Waals surface area (Å²) in [5.74, 6) is -1.31. The van der Waals surface area contributed by atoms with E-state index in [9.17, 15) is 27.2 Å². The average molecular weight is 585 g/mol. The number of ether oxygens (including phenoxy) is 1. The second kappa shape index (κ2) is 10.7. The number of methoxy groups -OCH3 is 1. The Balaban J connectivity index is 1.90. The van der Waals surface area contributed by atoms with Gasteiger partial charge in [0.05, 0.1) is 30.6 Å². The Hall–Kier alpha value is -5.05. The van der Waals surface area contributed by atoms with E-state index in [1.54, 1.807) is 43.3 Å². The van der Waals surface area contributed by atoms with Gasteiger partial charge in [-0.2, -0.15) is 13.2 Å². The lowest BCUT2D eigenvalue weighted by Crippen LogP contribution is -2.40. The Labute approximate surface area is 235 Å². The van der Waals surface area contributed by atoms with Gasteiger partial charge in [-0.1, -0.05) is 6.07 Å². The molecule has 11 nitrogen and oxygen atoms in total. The van der Waals surface area contributed by atoms with E-state index in [-0.39, 0.29) is 29.3 Å². The molecule has 0 aliphatic rings. The number of hydrogen-bond acceptors (Lipinski definition) is 8. The number of hydrogen-bond donors (Lipinski definition) is 1. The molecule has 0 atom stereocenters. The SMILES string of the molecule is COc1ccc(-n2c(=O)c3c(CN(C)C)n(-c4ccc(N)cc4)nc3n(Cc3c(F)cccc3C(F)(F)F)c2=O)nn1. The third kappa shape index (κ3) is 5.09. The summed E-state index contributed by atoms with van der Waals surface area (Å²) in [5, 5.41) is 12.1. The summed E-state index contributed by atoms with van der Waals surface area (Å²) in [6.07, 6.45) is -4.92. The molecule has 0 amide bonds. The number of halogens is 4. The van der Waals surface area contributed by atoms with Crippen LogP contribution in [0.25, 0.3) is 22.5 Å². The summed E-state index contributed by atoms with van der Waals surface area (Å²) in [6.45, 7) is -0.753. The highest BCUT2D eigenvalue weighted by Crippen LogP contribution is 2.34. The third-order valence-electron chi connectivity index (χ3n) is 6.47. The van der Waals surface area contributed by atoms with E-state index in [0.717, 1.165) is 22.8 Å². The maximum Gasteiger partial charge on any atom is 0.416 e. The normalized spacial score (nSPS) is 11.9. The maximum atomic E-state index is 15.0. The highest BCUT2D eigenvalue weighted by atomic mass is 19.4. The summed E-state index contributed by atoms with van der Waals surface area (Å²) < 4.78 is 64.6. The number of nitrogens with two attached hydrogens (primary N) is 1. The Bertz CT molecular complexity index is 1890. The van der Waals surface area contributed by atoms with Gasteiger partial charge >= 0.3 is 11.9 Å². The first kappa shape index (κ1) is 28.5. The minimum Gasteiger partial charge on any atom is -0.480 e. The number of anilines is 1. The van der Waals surface area contributed by atoms with Crippen LogP contribution in [-0.4, -0.2) is 55.2 Å². The molecule has 0 bridgehead atoms. The topological polar surface area (TPSA) is 126 Å². The largest absolute Gasteiger partial charge is 0.480 e. The number of nitrogens with zero attached hydrogens (tertiary/aromatic N) is 7. The zero-order valence-electron chi connectivity index (χ0n) is 22.6. The third-order valence-corrected chi connectivity index (χ3v) is 6.47. The Morgan fingerprint density at radius 2 is 1.71 bits per heavy atom. The molecule has 0 saturated carbocycles. The van der Waals surface area contributed by atoms with Gasteiger partial charge in [-0.25, -0.2) is 18.4 Å². The van der Waals surface area contributed by atoms with E-state index in [2.05, 4.69) is 15.3 Å². The molecule has 0 saturated heterocycles. The smallest absolute Gasteiger partial charge is 0.416 e. The van der Waals surface area contributed by atoms with Crippen molar-refractivity contribution in [2.45, 2.75) is 19.3 Å². The number of alkyl halides is 3. The van der Waals surface area contributed by atoms with Crippen LogP contribution in [0, 0.1) is 5.82 Å². The summed E-state index contributed by atoms with van der Waals surface area (Å²) in [5.41, 5.74) is 2.84. The van der Waals surface area contributed by atoms with Crippen molar-refractivity contribution in [3.63, 3.8) is 0 Å². The van der Waals surface area contributed by atoms with Crippen LogP contribution in [0.15, 0.2) is 64.2 Å². The van der Waals surface area contributed by atoms with Gasteiger partial charge in [-0.3, -0.25) is 9.36 Å². The highest BCUT2D eigenvalue weighted by molar-refractivity contribution is 5.79. The fourth-order valence-corrected chi connectivity index (χ4v) is 4.56. The van der Waals surface area contributed by atoms with Gasteiger partial charge in [0.1, 0.15) is 11.2 Å². The van der Waals surface area contributed by atoms with Crippen LogP contribution in [0.4, 0.5) is 23.2 Å². The first-order valence-corrected chi connectivity index (χ1v) is 12.4. The van der Waals surface area contributed by atoms with Gasteiger partial charge in [0.2, 0.25) is 5.88 Å². The molecule has 5 rings (SSSR count). The van der Waals surface area contributed by atoms with Crippen molar-refractivity contribution < 1.29 is 22.3 Å². The van der Waals surface area contributed by atoms with Crippen molar-refractivity contribution in [1.29, 1.82) is 0 Å². The van der Waals surface area contributed by atoms with Gasteiger partial charge < -0.3 is 15.4 Å². The molecule has 5 aromatic rings. The Morgan fingerprint density at radius 3 is 2.31 bits per heavy atom. The molecule has 15 heteroatoms. The lowest BCUT2D eigenvalue weighted by molar-refractivity contribution is -0.138. The molecule has 42 heavy (non-hydrogen) atoms. The van der Waals surface area contributed by atoms with Crippen molar-refractivity contribution >= 4 is 16.7 Å². The van der Waals surface area contributed by atoms with E-state index in [1.165, 1.54) is 23.9 Å². The van der Waals surface area contributed by atoms with E-state index in [0.29, 0.717) is 21.6 Å². The van der Waals surface area contributed by atoms with Crippen molar-refractivity contribution in [3.8, 4) is 17.4 Å². The molecule has 0 aliphatic heterocycles. The maximum absolute atomic E-state index is 15.0. The van der Waals surface area contributed by atoms with Crippen LogP contribution < -0.4 is 21.7 Å². The zero-order valence-corrected chi connectivity index (χ0v) is 22.6. The minimum absolute atomic E-state index is 0.0809. The molecule has 3 heterocycles. The number of benzene rings is 2. The number of nitrogen functional groups attached to an aromatic ring is 1. The molecule has 0 radical (unpaired) electrons. The predicted octanol–water partition coefficient (Wildman–Crippen LogP) is 2.99. The quantitative estimate of drug-likeness (QED) is 0.229. The van der Waals surface area contributed by atoms with Crippen LogP contribution >= 0.6 is 0 Å². The average Bonchev–Trinajstić information content (AvgIpc) is 3.30. The number of fused-ring (bicyclic) bond motifs is 1. The molecular formula is C27H24F4N8O3.